The fraction of sp³-hybridized carbons (Fsp3) is 0.125. The Kier molecular flexibility index (Phi) is 1.21. The standard InChI is InChI=1S/C8H6OS/c9-7-2-1-3-8-6(7)4-5-10-8/h1-2,4-5H,3H2. The lowest BCUT2D eigenvalue weighted by Crippen LogP contribution is -2.00. The van der Waals surface area contributed by atoms with Gasteiger partial charge in [-0.2, -0.15) is 0 Å². The van der Waals surface area contributed by atoms with Crippen molar-refractivity contribution in [2.45, 2.75) is 6.42 Å². The molecule has 50 valence electrons. The maximum Gasteiger partial charge on any atom is 0.186 e. The molecule has 0 N–H and O–H groups in total. The molecule has 10 heavy (non-hydrogen) atoms. The number of allylic oxidation sites excluding steroid dienone is 2. The molecule has 0 amide bonds. The van der Waals surface area contributed by atoms with E-state index < -0.39 is 0 Å². The Bertz CT molecular complexity index is 296. The van der Waals surface area contributed by atoms with Crippen LogP contribution in [0, 0.1) is 0 Å². The Morgan fingerprint density at radius 3 is 3.20 bits per heavy atom. The van der Waals surface area contributed by atoms with Gasteiger partial charge in [-0.05, 0) is 17.5 Å². The summed E-state index contributed by atoms with van der Waals surface area (Å²) in [7, 11) is 0. The normalized spacial score (nSPS) is 15.4. The van der Waals surface area contributed by atoms with Gasteiger partial charge in [0.15, 0.2) is 5.78 Å². The van der Waals surface area contributed by atoms with Crippen molar-refractivity contribution in [3.05, 3.63) is 34.0 Å². The Balaban J connectivity index is 2.58. The molecule has 0 atom stereocenters. The molecule has 1 aliphatic carbocycles. The Morgan fingerprint density at radius 2 is 2.40 bits per heavy atom. The van der Waals surface area contributed by atoms with E-state index in [2.05, 4.69) is 0 Å². The zero-order valence-electron chi connectivity index (χ0n) is 5.33. The van der Waals surface area contributed by atoms with Crippen molar-refractivity contribution in [2.24, 2.45) is 0 Å². The van der Waals surface area contributed by atoms with E-state index in [-0.39, 0.29) is 5.78 Å². The first-order valence-electron chi connectivity index (χ1n) is 3.15. The van der Waals surface area contributed by atoms with Crippen LogP contribution in [0.15, 0.2) is 23.6 Å². The molecule has 0 fully saturated rings. The molecular weight excluding hydrogens is 144 g/mol. The molecule has 1 aliphatic rings. The molecule has 0 radical (unpaired) electrons. The van der Waals surface area contributed by atoms with Gasteiger partial charge in [-0.25, -0.2) is 0 Å². The van der Waals surface area contributed by atoms with Crippen LogP contribution >= 0.6 is 11.3 Å². The average Bonchev–Trinajstić information content (AvgIpc) is 2.36. The molecule has 0 bridgehead atoms. The van der Waals surface area contributed by atoms with E-state index >= 15 is 0 Å². The van der Waals surface area contributed by atoms with Crippen molar-refractivity contribution in [1.29, 1.82) is 0 Å². The zero-order chi connectivity index (χ0) is 6.97. The predicted octanol–water partition coefficient (Wildman–Crippen LogP) is 2.04. The number of thiophene rings is 1. The summed E-state index contributed by atoms with van der Waals surface area (Å²) in [6.45, 7) is 0. The summed E-state index contributed by atoms with van der Waals surface area (Å²) >= 11 is 1.66. The highest BCUT2D eigenvalue weighted by molar-refractivity contribution is 7.10. The molecule has 1 aromatic heterocycles. The first kappa shape index (κ1) is 5.86. The van der Waals surface area contributed by atoms with Gasteiger partial charge >= 0.3 is 0 Å². The highest BCUT2D eigenvalue weighted by atomic mass is 32.1. The number of carbonyl (C=O) groups excluding carboxylic acids is 1. The van der Waals surface area contributed by atoms with Gasteiger partial charge in [0.1, 0.15) is 0 Å². The van der Waals surface area contributed by atoms with Crippen LogP contribution in [0.3, 0.4) is 0 Å². The lowest BCUT2D eigenvalue weighted by atomic mass is 10.1. The van der Waals surface area contributed by atoms with Crippen LogP contribution in [-0.2, 0) is 6.42 Å². The third kappa shape index (κ3) is 0.727. The number of rotatable bonds is 0. The summed E-state index contributed by atoms with van der Waals surface area (Å²) < 4.78 is 0. The van der Waals surface area contributed by atoms with E-state index in [0.29, 0.717) is 0 Å². The lowest BCUT2D eigenvalue weighted by molar-refractivity contribution is 0.104. The Morgan fingerprint density at radius 1 is 1.50 bits per heavy atom. The predicted molar refractivity (Wildman–Crippen MR) is 41.5 cm³/mol. The van der Waals surface area contributed by atoms with E-state index in [1.807, 2.05) is 17.5 Å². The average molecular weight is 150 g/mol. The molecule has 0 saturated heterocycles. The summed E-state index contributed by atoms with van der Waals surface area (Å²) in [6, 6.07) is 1.89. The molecule has 1 heterocycles. The van der Waals surface area contributed by atoms with Gasteiger partial charge in [0.2, 0.25) is 0 Å². The first-order chi connectivity index (χ1) is 4.88. The van der Waals surface area contributed by atoms with Gasteiger partial charge in [-0.1, -0.05) is 6.08 Å². The van der Waals surface area contributed by atoms with Crippen LogP contribution < -0.4 is 0 Å². The molecule has 2 rings (SSSR count). The van der Waals surface area contributed by atoms with Crippen molar-refractivity contribution >= 4 is 17.1 Å². The van der Waals surface area contributed by atoms with Crippen LogP contribution in [-0.4, -0.2) is 5.78 Å². The van der Waals surface area contributed by atoms with Crippen molar-refractivity contribution in [3.8, 4) is 0 Å². The third-order valence-electron chi connectivity index (χ3n) is 1.58. The summed E-state index contributed by atoms with van der Waals surface area (Å²) in [5.41, 5.74) is 0.896. The highest BCUT2D eigenvalue weighted by Crippen LogP contribution is 2.21. The highest BCUT2D eigenvalue weighted by Gasteiger charge is 2.12. The van der Waals surface area contributed by atoms with Crippen molar-refractivity contribution in [3.63, 3.8) is 0 Å². The smallest absolute Gasteiger partial charge is 0.186 e. The number of fused-ring (bicyclic) bond motifs is 1. The van der Waals surface area contributed by atoms with Crippen molar-refractivity contribution in [2.75, 3.05) is 0 Å². The van der Waals surface area contributed by atoms with Crippen LogP contribution in [0.4, 0.5) is 0 Å². The van der Waals surface area contributed by atoms with Crippen LogP contribution in [0.5, 0.6) is 0 Å². The fourth-order valence-corrected chi connectivity index (χ4v) is 1.94. The quantitative estimate of drug-likeness (QED) is 0.553. The molecule has 2 heteroatoms. The maximum absolute atomic E-state index is 11.1. The van der Waals surface area contributed by atoms with Gasteiger partial charge in [0, 0.05) is 16.9 Å². The summed E-state index contributed by atoms with van der Waals surface area (Å²) in [5, 5.41) is 1.97. The molecule has 1 aromatic rings. The SMILES string of the molecule is O=C1C=CCc2sccc21. The third-order valence-corrected chi connectivity index (χ3v) is 2.53. The van der Waals surface area contributed by atoms with Crippen LogP contribution in [0.1, 0.15) is 15.2 Å². The minimum Gasteiger partial charge on any atom is -0.289 e. The monoisotopic (exact) mass is 150 g/mol. The Labute approximate surface area is 63.0 Å². The second kappa shape index (κ2) is 2.06. The molecule has 0 aliphatic heterocycles. The van der Waals surface area contributed by atoms with E-state index in [0.717, 1.165) is 12.0 Å². The number of hydrogen-bond donors (Lipinski definition) is 0. The fourth-order valence-electron chi connectivity index (χ4n) is 1.08. The van der Waals surface area contributed by atoms with Crippen LogP contribution in [0.25, 0.3) is 0 Å². The van der Waals surface area contributed by atoms with Crippen molar-refractivity contribution in [1.82, 2.24) is 0 Å². The second-order valence-electron chi connectivity index (χ2n) is 2.23. The summed E-state index contributed by atoms with van der Waals surface area (Å²) in [6.07, 6.45) is 4.50. The number of ketones is 1. The van der Waals surface area contributed by atoms with Gasteiger partial charge < -0.3 is 0 Å². The lowest BCUT2D eigenvalue weighted by Gasteiger charge is -2.00. The first-order valence-corrected chi connectivity index (χ1v) is 4.03. The van der Waals surface area contributed by atoms with Gasteiger partial charge in [0.05, 0.1) is 0 Å². The molecule has 0 saturated carbocycles. The molecule has 0 aromatic carbocycles. The number of carbonyl (C=O) groups is 1. The van der Waals surface area contributed by atoms with E-state index in [4.69, 9.17) is 0 Å². The van der Waals surface area contributed by atoms with Crippen molar-refractivity contribution < 1.29 is 4.79 Å². The van der Waals surface area contributed by atoms with E-state index in [1.165, 1.54) is 4.88 Å². The minimum absolute atomic E-state index is 0.155. The summed E-state index contributed by atoms with van der Waals surface area (Å²) in [5.74, 6) is 0.155. The van der Waals surface area contributed by atoms with Gasteiger partial charge in [0.25, 0.3) is 0 Å². The molecule has 0 unspecified atom stereocenters. The van der Waals surface area contributed by atoms with E-state index in [1.54, 1.807) is 17.4 Å². The molecular formula is C8H6OS. The maximum atomic E-state index is 11.1. The number of hydrogen-bond acceptors (Lipinski definition) is 2. The largest absolute Gasteiger partial charge is 0.289 e. The zero-order valence-corrected chi connectivity index (χ0v) is 6.15. The van der Waals surface area contributed by atoms with Gasteiger partial charge in [-0.3, -0.25) is 4.79 Å². The van der Waals surface area contributed by atoms with Crippen LogP contribution in [0.2, 0.25) is 0 Å². The second-order valence-corrected chi connectivity index (χ2v) is 3.23. The topological polar surface area (TPSA) is 17.1 Å². The van der Waals surface area contributed by atoms with E-state index in [9.17, 15) is 4.79 Å². The molecule has 1 nitrogen and oxygen atoms in total. The van der Waals surface area contributed by atoms with Gasteiger partial charge in [-0.15, -0.1) is 11.3 Å². The summed E-state index contributed by atoms with van der Waals surface area (Å²) in [4.78, 5) is 12.3. The Hall–Kier alpha value is -0.890. The minimum atomic E-state index is 0.155. The molecule has 0 spiro atoms.